The van der Waals surface area contributed by atoms with Crippen LogP contribution in [0.1, 0.15) is 16.9 Å². The molecule has 0 saturated heterocycles. The zero-order chi connectivity index (χ0) is 19.9. The van der Waals surface area contributed by atoms with Gasteiger partial charge in [0, 0.05) is 12.4 Å². The first-order chi connectivity index (χ1) is 13.3. The molecule has 1 aromatic carbocycles. The molecule has 0 unspecified atom stereocenters. The van der Waals surface area contributed by atoms with Crippen molar-refractivity contribution in [3.05, 3.63) is 70.5 Å². The van der Waals surface area contributed by atoms with Gasteiger partial charge >= 0.3 is 0 Å². The molecular formula is C18H12ClF2N3O2S2. The summed E-state index contributed by atoms with van der Waals surface area (Å²) in [6, 6.07) is 10.1. The van der Waals surface area contributed by atoms with E-state index in [1.807, 2.05) is 0 Å². The molecule has 0 atom stereocenters. The highest BCUT2D eigenvalue weighted by Crippen LogP contribution is 2.33. The zero-order valence-corrected chi connectivity index (χ0v) is 16.5. The van der Waals surface area contributed by atoms with Crippen LogP contribution in [-0.2, 0) is 15.6 Å². The highest BCUT2D eigenvalue weighted by atomic mass is 35.5. The maximum Gasteiger partial charge on any atom is 0.274 e. The van der Waals surface area contributed by atoms with Crippen LogP contribution in [0.2, 0.25) is 5.02 Å². The van der Waals surface area contributed by atoms with Crippen molar-refractivity contribution in [2.45, 2.75) is 17.1 Å². The van der Waals surface area contributed by atoms with Crippen LogP contribution in [0.3, 0.4) is 0 Å². The third-order valence-corrected chi connectivity index (χ3v) is 7.01. The summed E-state index contributed by atoms with van der Waals surface area (Å²) in [6.45, 7) is 0. The summed E-state index contributed by atoms with van der Waals surface area (Å²) in [5.41, 5.74) is 1.11. The Labute approximate surface area is 168 Å². The van der Waals surface area contributed by atoms with Gasteiger partial charge in [-0.25, -0.2) is 27.2 Å². The van der Waals surface area contributed by atoms with Gasteiger partial charge in [-0.05, 0) is 11.6 Å². The SMILES string of the molecule is O=S(=O)(Cc1ccccc1)c1cc(Cl)c2cnc(-c3ncc(C(F)F)s3)n2c1. The van der Waals surface area contributed by atoms with E-state index in [9.17, 15) is 17.2 Å². The number of benzene rings is 1. The topological polar surface area (TPSA) is 64.3 Å². The van der Waals surface area contributed by atoms with Crippen molar-refractivity contribution in [2.24, 2.45) is 0 Å². The molecule has 4 rings (SSSR count). The summed E-state index contributed by atoms with van der Waals surface area (Å²) in [6.07, 6.45) is 1.30. The van der Waals surface area contributed by atoms with Crippen molar-refractivity contribution in [3.8, 4) is 10.8 Å². The van der Waals surface area contributed by atoms with E-state index in [-0.39, 0.29) is 31.4 Å². The molecule has 10 heteroatoms. The second-order valence-corrected chi connectivity index (χ2v) is 9.43. The van der Waals surface area contributed by atoms with E-state index in [1.165, 1.54) is 22.9 Å². The molecule has 0 radical (unpaired) electrons. The summed E-state index contributed by atoms with van der Waals surface area (Å²) in [5, 5.41) is 0.447. The van der Waals surface area contributed by atoms with Crippen LogP contribution in [0.25, 0.3) is 16.3 Å². The van der Waals surface area contributed by atoms with Crippen LogP contribution in [0.4, 0.5) is 8.78 Å². The van der Waals surface area contributed by atoms with Gasteiger partial charge in [0.2, 0.25) is 0 Å². The number of alkyl halides is 2. The van der Waals surface area contributed by atoms with Crippen molar-refractivity contribution >= 4 is 38.3 Å². The summed E-state index contributed by atoms with van der Waals surface area (Å²) in [4.78, 5) is 8.00. The smallest absolute Gasteiger partial charge is 0.274 e. The van der Waals surface area contributed by atoms with Gasteiger partial charge in [-0.1, -0.05) is 41.9 Å². The summed E-state index contributed by atoms with van der Waals surface area (Å²) < 4.78 is 52.9. The number of nitrogens with zero attached hydrogens (tertiary/aromatic N) is 3. The van der Waals surface area contributed by atoms with Gasteiger partial charge in [-0.15, -0.1) is 11.3 Å². The van der Waals surface area contributed by atoms with E-state index in [1.54, 1.807) is 30.3 Å². The lowest BCUT2D eigenvalue weighted by molar-refractivity contribution is 0.155. The van der Waals surface area contributed by atoms with Crippen molar-refractivity contribution in [3.63, 3.8) is 0 Å². The van der Waals surface area contributed by atoms with Gasteiger partial charge in [-0.3, -0.25) is 4.40 Å². The molecule has 28 heavy (non-hydrogen) atoms. The number of pyridine rings is 1. The standard InChI is InChI=1S/C18H12ClF2N3O2S2/c19-13-6-12(28(25,26)10-11-4-2-1-3-5-11)9-24-14(13)7-22-17(24)18-23-8-15(27-18)16(20)21/h1-9,16H,10H2. The van der Waals surface area contributed by atoms with Crippen molar-refractivity contribution < 1.29 is 17.2 Å². The molecule has 0 fully saturated rings. The molecule has 0 N–H and O–H groups in total. The lowest BCUT2D eigenvalue weighted by Crippen LogP contribution is -2.06. The number of thiazole rings is 1. The highest BCUT2D eigenvalue weighted by Gasteiger charge is 2.21. The molecule has 0 spiro atoms. The number of halogens is 3. The Hall–Kier alpha value is -2.36. The van der Waals surface area contributed by atoms with E-state index < -0.39 is 16.3 Å². The summed E-state index contributed by atoms with van der Waals surface area (Å²) in [7, 11) is -3.68. The minimum atomic E-state index is -3.68. The number of hydrogen-bond donors (Lipinski definition) is 0. The number of aromatic nitrogens is 3. The lowest BCUT2D eigenvalue weighted by atomic mass is 10.2. The van der Waals surface area contributed by atoms with E-state index in [0.717, 1.165) is 17.5 Å². The van der Waals surface area contributed by atoms with Crippen LogP contribution >= 0.6 is 22.9 Å². The van der Waals surface area contributed by atoms with Crippen molar-refractivity contribution in [1.82, 2.24) is 14.4 Å². The molecule has 0 bridgehead atoms. The molecule has 0 saturated carbocycles. The van der Waals surface area contributed by atoms with Gasteiger partial charge in [0.15, 0.2) is 20.7 Å². The first kappa shape index (κ1) is 19.0. The van der Waals surface area contributed by atoms with Crippen LogP contribution in [-0.4, -0.2) is 22.8 Å². The fourth-order valence-electron chi connectivity index (χ4n) is 2.73. The first-order valence-electron chi connectivity index (χ1n) is 8.03. The lowest BCUT2D eigenvalue weighted by Gasteiger charge is -2.08. The normalized spacial score (nSPS) is 12.1. The number of hydrogen-bond acceptors (Lipinski definition) is 5. The minimum Gasteiger partial charge on any atom is -0.295 e. The molecule has 4 aromatic rings. The van der Waals surface area contributed by atoms with E-state index in [2.05, 4.69) is 9.97 Å². The van der Waals surface area contributed by atoms with Crippen molar-refractivity contribution in [2.75, 3.05) is 0 Å². The Bertz CT molecular complexity index is 1250. The van der Waals surface area contributed by atoms with Gasteiger partial charge in [-0.2, -0.15) is 0 Å². The highest BCUT2D eigenvalue weighted by molar-refractivity contribution is 7.90. The first-order valence-corrected chi connectivity index (χ1v) is 10.9. The number of sulfone groups is 1. The second-order valence-electron chi connectivity index (χ2n) is 5.97. The largest absolute Gasteiger partial charge is 0.295 e. The second kappa shape index (κ2) is 7.23. The van der Waals surface area contributed by atoms with Crippen LogP contribution in [0.5, 0.6) is 0 Å². The Morgan fingerprint density at radius 2 is 1.89 bits per heavy atom. The molecular weight excluding hydrogens is 428 g/mol. The van der Waals surface area contributed by atoms with E-state index in [0.29, 0.717) is 11.1 Å². The van der Waals surface area contributed by atoms with Gasteiger partial charge in [0.05, 0.1) is 32.3 Å². The van der Waals surface area contributed by atoms with Gasteiger partial charge < -0.3 is 0 Å². The van der Waals surface area contributed by atoms with Gasteiger partial charge in [0.25, 0.3) is 6.43 Å². The fraction of sp³-hybridized carbons (Fsp3) is 0.111. The Balaban J connectivity index is 1.80. The van der Waals surface area contributed by atoms with E-state index >= 15 is 0 Å². The predicted molar refractivity (Wildman–Crippen MR) is 104 cm³/mol. The van der Waals surface area contributed by atoms with Crippen LogP contribution in [0.15, 0.2) is 59.9 Å². The average molecular weight is 440 g/mol. The predicted octanol–water partition coefficient (Wildman–Crippen LogP) is 5.02. The number of fused-ring (bicyclic) bond motifs is 1. The maximum absolute atomic E-state index is 12.9. The molecule has 5 nitrogen and oxygen atoms in total. The summed E-state index contributed by atoms with van der Waals surface area (Å²) in [5.74, 6) is 0.0671. The molecule has 0 amide bonds. The molecule has 3 heterocycles. The maximum atomic E-state index is 12.9. The molecule has 144 valence electrons. The Morgan fingerprint density at radius 1 is 1.14 bits per heavy atom. The molecule has 0 aliphatic heterocycles. The fourth-order valence-corrected chi connectivity index (χ4v) is 5.18. The Kier molecular flexibility index (Phi) is 4.90. The summed E-state index contributed by atoms with van der Waals surface area (Å²) >= 11 is 7.06. The average Bonchev–Trinajstić information content (AvgIpc) is 3.29. The third-order valence-electron chi connectivity index (χ3n) is 4.06. The van der Waals surface area contributed by atoms with Crippen LogP contribution in [0, 0.1) is 0 Å². The minimum absolute atomic E-state index is 0.0127. The van der Waals surface area contributed by atoms with E-state index in [4.69, 9.17) is 11.6 Å². The zero-order valence-electron chi connectivity index (χ0n) is 14.1. The molecule has 3 aromatic heterocycles. The molecule has 0 aliphatic carbocycles. The third kappa shape index (κ3) is 3.52. The quantitative estimate of drug-likeness (QED) is 0.438. The number of rotatable bonds is 5. The van der Waals surface area contributed by atoms with Crippen molar-refractivity contribution in [1.29, 1.82) is 0 Å². The Morgan fingerprint density at radius 3 is 2.57 bits per heavy atom. The number of imidazole rings is 1. The van der Waals surface area contributed by atoms with Crippen LogP contribution < -0.4 is 0 Å². The monoisotopic (exact) mass is 439 g/mol. The molecule has 0 aliphatic rings. The van der Waals surface area contributed by atoms with Gasteiger partial charge in [0.1, 0.15) is 0 Å².